The number of nitriles is 1. The van der Waals surface area contributed by atoms with Gasteiger partial charge in [0.05, 0.1) is 10.4 Å². The first-order valence-electron chi connectivity index (χ1n) is 8.20. The Labute approximate surface area is 161 Å². The summed E-state index contributed by atoms with van der Waals surface area (Å²) in [6.07, 6.45) is 1.31. The lowest BCUT2D eigenvalue weighted by Gasteiger charge is -2.12. The zero-order valence-corrected chi connectivity index (χ0v) is 15.9. The van der Waals surface area contributed by atoms with Crippen LogP contribution in [0.25, 0.3) is 10.9 Å². The van der Waals surface area contributed by atoms with Gasteiger partial charge in [0.2, 0.25) is 5.78 Å². The fourth-order valence-electron chi connectivity index (χ4n) is 2.80. The third-order valence-electron chi connectivity index (χ3n) is 3.99. The summed E-state index contributed by atoms with van der Waals surface area (Å²) in [6, 6.07) is 14.3. The number of nitrogens with zero attached hydrogens (tertiary/aromatic N) is 3. The second-order valence-electron chi connectivity index (χ2n) is 6.26. The molecule has 0 bridgehead atoms. The minimum absolute atomic E-state index is 0.0225. The first-order valence-corrected chi connectivity index (χ1v) is 9.64. The number of ketones is 1. The maximum Gasteiger partial charge on any atom is 0.268 e. The predicted molar refractivity (Wildman–Crippen MR) is 103 cm³/mol. The third-order valence-corrected chi connectivity index (χ3v) is 5.73. The second-order valence-corrected chi connectivity index (χ2v) is 8.05. The second kappa shape index (κ2) is 7.29. The van der Waals surface area contributed by atoms with Crippen molar-refractivity contribution in [3.63, 3.8) is 0 Å². The number of allylic oxidation sites excluding steroid dienone is 1. The Hall–Kier alpha value is -3.44. The van der Waals surface area contributed by atoms with E-state index < -0.39 is 21.6 Å². The highest BCUT2D eigenvalue weighted by Gasteiger charge is 2.28. The number of hydrogen-bond acceptors (Lipinski definition) is 5. The molecule has 0 amide bonds. The first-order chi connectivity index (χ1) is 13.3. The van der Waals surface area contributed by atoms with E-state index in [0.717, 1.165) is 10.0 Å². The van der Waals surface area contributed by atoms with Crippen LogP contribution in [-0.4, -0.2) is 37.2 Å². The Morgan fingerprint density at radius 1 is 1.14 bits per heavy atom. The molecule has 0 spiro atoms. The highest BCUT2D eigenvalue weighted by Crippen LogP contribution is 2.28. The lowest BCUT2D eigenvalue weighted by molar-refractivity contribution is 0.103. The van der Waals surface area contributed by atoms with Crippen molar-refractivity contribution in [2.75, 3.05) is 14.1 Å². The van der Waals surface area contributed by atoms with E-state index in [1.165, 1.54) is 41.4 Å². The van der Waals surface area contributed by atoms with E-state index in [1.807, 2.05) is 0 Å². The molecule has 0 atom stereocenters. The molecule has 6 nitrogen and oxygen atoms in total. The van der Waals surface area contributed by atoms with Crippen molar-refractivity contribution in [1.29, 1.82) is 5.26 Å². The van der Waals surface area contributed by atoms with Crippen LogP contribution in [0.5, 0.6) is 0 Å². The molecule has 0 radical (unpaired) electrons. The molecule has 1 heterocycles. The van der Waals surface area contributed by atoms with Crippen molar-refractivity contribution >= 4 is 26.7 Å². The van der Waals surface area contributed by atoms with Crippen LogP contribution in [0.1, 0.15) is 10.5 Å². The molecule has 0 saturated carbocycles. The van der Waals surface area contributed by atoms with Gasteiger partial charge >= 0.3 is 0 Å². The summed E-state index contributed by atoms with van der Waals surface area (Å²) in [6.45, 7) is 0. The molecule has 0 aliphatic carbocycles. The van der Waals surface area contributed by atoms with Crippen LogP contribution < -0.4 is 0 Å². The zero-order valence-electron chi connectivity index (χ0n) is 15.1. The fraction of sp³-hybridized carbons (Fsp3) is 0.100. The Morgan fingerprint density at radius 2 is 1.82 bits per heavy atom. The Morgan fingerprint density at radius 3 is 2.43 bits per heavy atom. The van der Waals surface area contributed by atoms with E-state index in [0.29, 0.717) is 5.39 Å². The maximum atomic E-state index is 13.9. The molecule has 3 rings (SSSR count). The highest BCUT2D eigenvalue weighted by molar-refractivity contribution is 7.90. The van der Waals surface area contributed by atoms with Crippen LogP contribution in [0.15, 0.2) is 71.3 Å². The van der Waals surface area contributed by atoms with E-state index in [1.54, 1.807) is 38.4 Å². The fourth-order valence-corrected chi connectivity index (χ4v) is 4.32. The van der Waals surface area contributed by atoms with Gasteiger partial charge in [0.15, 0.2) is 0 Å². The maximum absolute atomic E-state index is 13.9. The van der Waals surface area contributed by atoms with Crippen molar-refractivity contribution in [2.24, 2.45) is 0 Å². The number of Topliss-reactive ketones (excluding diaryl/α,β-unsaturated/α-hetero) is 1. The van der Waals surface area contributed by atoms with E-state index in [2.05, 4.69) is 0 Å². The molecule has 0 N–H and O–H groups in total. The Kier molecular flexibility index (Phi) is 5.03. The number of rotatable bonds is 5. The molecular weight excluding hydrogens is 381 g/mol. The molecule has 0 unspecified atom stereocenters. The molecule has 142 valence electrons. The van der Waals surface area contributed by atoms with Crippen molar-refractivity contribution in [3.8, 4) is 6.07 Å². The molecule has 0 saturated heterocycles. The largest absolute Gasteiger partial charge is 0.382 e. The van der Waals surface area contributed by atoms with Crippen molar-refractivity contribution in [1.82, 2.24) is 8.87 Å². The average molecular weight is 397 g/mol. The van der Waals surface area contributed by atoms with Crippen LogP contribution in [0.2, 0.25) is 0 Å². The van der Waals surface area contributed by atoms with E-state index >= 15 is 0 Å². The van der Waals surface area contributed by atoms with Crippen LogP contribution in [0.3, 0.4) is 0 Å². The average Bonchev–Trinajstić information content (AvgIpc) is 3.05. The molecule has 0 fully saturated rings. The van der Waals surface area contributed by atoms with Gasteiger partial charge in [0.25, 0.3) is 10.0 Å². The summed E-state index contributed by atoms with van der Waals surface area (Å²) in [5, 5.41) is 9.72. The van der Waals surface area contributed by atoms with Crippen molar-refractivity contribution in [2.45, 2.75) is 4.90 Å². The van der Waals surface area contributed by atoms with Crippen molar-refractivity contribution < 1.29 is 17.6 Å². The molecule has 1 aromatic heterocycles. The Balaban J connectivity index is 2.35. The topological polar surface area (TPSA) is 83.2 Å². The smallest absolute Gasteiger partial charge is 0.268 e. The summed E-state index contributed by atoms with van der Waals surface area (Å²) in [4.78, 5) is 14.4. The highest BCUT2D eigenvalue weighted by atomic mass is 32.2. The number of carbonyl (C=O) groups excluding carboxylic acids is 1. The minimum atomic E-state index is -4.21. The molecule has 0 aliphatic heterocycles. The molecule has 28 heavy (non-hydrogen) atoms. The van der Waals surface area contributed by atoms with Crippen molar-refractivity contribution in [3.05, 3.63) is 77.9 Å². The van der Waals surface area contributed by atoms with Gasteiger partial charge in [0.1, 0.15) is 23.2 Å². The number of hydrogen-bond donors (Lipinski definition) is 0. The van der Waals surface area contributed by atoms with Gasteiger partial charge in [-0.2, -0.15) is 5.26 Å². The Bertz CT molecular complexity index is 1240. The van der Waals surface area contributed by atoms with Crippen LogP contribution >= 0.6 is 0 Å². The molecule has 3 aromatic rings. The zero-order chi connectivity index (χ0) is 20.5. The predicted octanol–water partition coefficient (Wildman–Crippen LogP) is 3.17. The summed E-state index contributed by atoms with van der Waals surface area (Å²) < 4.78 is 41.2. The summed E-state index contributed by atoms with van der Waals surface area (Å²) in [5.41, 5.74) is -0.453. The minimum Gasteiger partial charge on any atom is -0.382 e. The first kappa shape index (κ1) is 19.3. The van der Waals surface area contributed by atoms with Gasteiger partial charge in [-0.25, -0.2) is 16.8 Å². The summed E-state index contributed by atoms with van der Waals surface area (Å²) in [5.74, 6) is -1.41. The van der Waals surface area contributed by atoms with Gasteiger partial charge in [-0.05, 0) is 36.4 Å². The lowest BCUT2D eigenvalue weighted by Crippen LogP contribution is -2.20. The number of halogens is 1. The van der Waals surface area contributed by atoms with E-state index in [9.17, 15) is 22.9 Å². The molecular formula is C20H16FN3O3S. The SMILES string of the molecule is CN(C)/C=C(/C#N)C(=O)c1cc2ccc(F)cc2n1S(=O)(=O)c1ccccc1. The van der Waals surface area contributed by atoms with Gasteiger partial charge in [-0.1, -0.05) is 18.2 Å². The lowest BCUT2D eigenvalue weighted by atomic mass is 10.1. The third kappa shape index (κ3) is 3.40. The number of aromatic nitrogens is 1. The van der Waals surface area contributed by atoms with Gasteiger partial charge in [-0.3, -0.25) is 4.79 Å². The molecule has 0 aliphatic rings. The van der Waals surface area contributed by atoms with Gasteiger partial charge in [0, 0.05) is 25.7 Å². The summed E-state index contributed by atoms with van der Waals surface area (Å²) >= 11 is 0. The van der Waals surface area contributed by atoms with E-state index in [-0.39, 0.29) is 21.7 Å². The number of carbonyl (C=O) groups is 1. The monoisotopic (exact) mass is 397 g/mol. The normalized spacial score (nSPS) is 12.0. The molecule has 8 heteroatoms. The van der Waals surface area contributed by atoms with Crippen LogP contribution in [-0.2, 0) is 10.0 Å². The summed E-state index contributed by atoms with van der Waals surface area (Å²) in [7, 11) is -0.936. The number of benzene rings is 2. The van der Waals surface area contributed by atoms with Crippen LogP contribution in [0.4, 0.5) is 4.39 Å². The molecule has 2 aromatic carbocycles. The standard InChI is InChI=1S/C20H16FN3O3S/c1-23(2)13-15(12-22)20(25)19-10-14-8-9-16(21)11-18(14)24(19)28(26,27)17-6-4-3-5-7-17/h3-11,13H,1-2H3/b15-13-. The van der Waals surface area contributed by atoms with Gasteiger partial charge in [-0.15, -0.1) is 0 Å². The van der Waals surface area contributed by atoms with E-state index in [4.69, 9.17) is 0 Å². The van der Waals surface area contributed by atoms with Crippen LogP contribution in [0, 0.1) is 17.1 Å². The number of fused-ring (bicyclic) bond motifs is 1. The quantitative estimate of drug-likeness (QED) is 0.375. The van der Waals surface area contributed by atoms with Gasteiger partial charge < -0.3 is 4.90 Å².